The molecule has 0 saturated carbocycles. The number of nitrogens with one attached hydrogen (secondary N) is 3. The minimum absolute atomic E-state index is 0.0756. The van der Waals surface area contributed by atoms with Gasteiger partial charge in [0.15, 0.2) is 0 Å². The van der Waals surface area contributed by atoms with Crippen molar-refractivity contribution in [2.45, 2.75) is 57.2 Å². The third kappa shape index (κ3) is 9.86. The van der Waals surface area contributed by atoms with Crippen molar-refractivity contribution in [3.63, 3.8) is 0 Å². The fourth-order valence-electron chi connectivity index (χ4n) is 7.57. The molecule has 4 aromatic carbocycles. The summed E-state index contributed by atoms with van der Waals surface area (Å²) in [6.07, 6.45) is 3.69. The molecule has 2 fully saturated rings. The number of fused-ring (bicyclic) bond motifs is 1. The topological polar surface area (TPSA) is 158 Å². The number of aromatic nitrogens is 3. The second-order valence-electron chi connectivity index (χ2n) is 14.7. The van der Waals surface area contributed by atoms with Gasteiger partial charge in [0.1, 0.15) is 18.2 Å². The Morgan fingerprint density at radius 1 is 0.900 bits per heavy atom. The smallest absolute Gasteiger partial charge is 0.290 e. The zero-order chi connectivity index (χ0) is 42.2. The first-order valence-corrected chi connectivity index (χ1v) is 19.5. The Kier molecular flexibility index (Phi) is 12.9. The maximum Gasteiger partial charge on any atom is 0.290 e. The summed E-state index contributed by atoms with van der Waals surface area (Å²) in [5.74, 6) is -1.02. The Morgan fingerprint density at radius 2 is 1.60 bits per heavy atom. The molecule has 0 aliphatic carbocycles. The van der Waals surface area contributed by atoms with Crippen LogP contribution in [0.1, 0.15) is 70.6 Å². The molecule has 0 bridgehead atoms. The highest BCUT2D eigenvalue weighted by Gasteiger charge is 2.27. The van der Waals surface area contributed by atoms with Crippen molar-refractivity contribution in [2.75, 3.05) is 18.4 Å². The maximum atomic E-state index is 15.3. The number of carbonyl (C=O) groups is 4. The minimum Gasteiger partial charge on any atom is -0.483 e. The number of piperidine rings is 2. The van der Waals surface area contributed by atoms with Crippen LogP contribution in [0.2, 0.25) is 0 Å². The third-order valence-electron chi connectivity index (χ3n) is 10.8. The number of amides is 3. The van der Waals surface area contributed by atoms with Gasteiger partial charge in [-0.25, -0.2) is 22.7 Å². The summed E-state index contributed by atoms with van der Waals surface area (Å²) in [6.45, 7) is 2.51. The second-order valence-corrected chi connectivity index (χ2v) is 14.7. The van der Waals surface area contributed by atoms with Gasteiger partial charge in [0.05, 0.1) is 11.2 Å². The first kappa shape index (κ1) is 41.3. The van der Waals surface area contributed by atoms with Crippen molar-refractivity contribution in [3.05, 3.63) is 143 Å². The van der Waals surface area contributed by atoms with Crippen LogP contribution >= 0.6 is 0 Å². The zero-order valence-electron chi connectivity index (χ0n) is 32.4. The van der Waals surface area contributed by atoms with E-state index in [-0.39, 0.29) is 41.5 Å². The molecule has 0 spiro atoms. The van der Waals surface area contributed by atoms with Crippen molar-refractivity contribution >= 4 is 35.4 Å². The summed E-state index contributed by atoms with van der Waals surface area (Å²) in [6, 6.07) is 28.2. The van der Waals surface area contributed by atoms with E-state index in [1.807, 2.05) is 24.4 Å². The molecule has 1 unspecified atom stereocenters. The van der Waals surface area contributed by atoms with Crippen molar-refractivity contribution in [3.8, 4) is 22.4 Å². The summed E-state index contributed by atoms with van der Waals surface area (Å²) >= 11 is 0. The molecule has 6 aromatic rings. The highest BCUT2D eigenvalue weighted by Crippen LogP contribution is 2.32. The fourth-order valence-corrected chi connectivity index (χ4v) is 7.57. The Balaban J connectivity index is 0.00000176. The molecule has 2 aliphatic heterocycles. The number of halogens is 3. The number of alkyl halides is 2. The van der Waals surface area contributed by atoms with Gasteiger partial charge in [0.2, 0.25) is 11.8 Å². The molecule has 1 atom stereocenters. The van der Waals surface area contributed by atoms with Gasteiger partial charge in [-0.2, -0.15) is 5.10 Å². The number of hydrogen-bond donors (Lipinski definition) is 4. The van der Waals surface area contributed by atoms with Crippen LogP contribution < -0.4 is 16.0 Å². The van der Waals surface area contributed by atoms with E-state index >= 15 is 4.39 Å². The van der Waals surface area contributed by atoms with E-state index in [1.54, 1.807) is 16.6 Å². The Hall–Kier alpha value is -6.87. The number of nitrogens with zero attached hydrogens (tertiary/aromatic N) is 4. The van der Waals surface area contributed by atoms with E-state index in [0.717, 1.165) is 49.3 Å². The monoisotopic (exact) mass is 817 g/mol. The molecule has 8 rings (SSSR count). The number of anilines is 1. The first-order valence-electron chi connectivity index (χ1n) is 19.5. The second kappa shape index (κ2) is 18.8. The predicted octanol–water partition coefficient (Wildman–Crippen LogP) is 7.37. The number of carboxylic acid groups (broad SMARTS) is 1. The lowest BCUT2D eigenvalue weighted by Crippen LogP contribution is -2.47. The van der Waals surface area contributed by atoms with Gasteiger partial charge in [-0.3, -0.25) is 29.4 Å². The highest BCUT2D eigenvalue weighted by molar-refractivity contribution is 6.01. The molecular formula is C45H42F3N7O5. The van der Waals surface area contributed by atoms with Gasteiger partial charge >= 0.3 is 0 Å². The molecule has 4 N–H and O–H groups in total. The number of rotatable bonds is 11. The van der Waals surface area contributed by atoms with E-state index in [9.17, 15) is 23.2 Å². The van der Waals surface area contributed by atoms with Gasteiger partial charge in [0.25, 0.3) is 18.8 Å². The Bertz CT molecular complexity index is 2470. The predicted molar refractivity (Wildman–Crippen MR) is 219 cm³/mol. The third-order valence-corrected chi connectivity index (χ3v) is 10.8. The van der Waals surface area contributed by atoms with Gasteiger partial charge in [-0.15, -0.1) is 0 Å². The van der Waals surface area contributed by atoms with Crippen LogP contribution in [-0.2, 0) is 27.5 Å². The summed E-state index contributed by atoms with van der Waals surface area (Å²) < 4.78 is 42.7. The van der Waals surface area contributed by atoms with Crippen molar-refractivity contribution in [1.82, 2.24) is 30.1 Å². The van der Waals surface area contributed by atoms with Crippen LogP contribution in [-0.4, -0.2) is 67.9 Å². The van der Waals surface area contributed by atoms with Gasteiger partial charge < -0.3 is 15.7 Å². The highest BCUT2D eigenvalue weighted by atomic mass is 19.3. The fraction of sp³-hybridized carbons (Fsp3) is 0.244. The summed E-state index contributed by atoms with van der Waals surface area (Å²) in [4.78, 5) is 51.4. The Morgan fingerprint density at radius 3 is 2.27 bits per heavy atom. The van der Waals surface area contributed by atoms with Crippen LogP contribution in [0.3, 0.4) is 0 Å². The lowest BCUT2D eigenvalue weighted by Gasteiger charge is -2.32. The summed E-state index contributed by atoms with van der Waals surface area (Å²) in [5, 5.41) is 19.6. The number of imide groups is 1. The van der Waals surface area contributed by atoms with Gasteiger partial charge in [0, 0.05) is 59.2 Å². The standard InChI is InChI=1S/C44H40F3N7O3.CH2O2/c45-37-21-33(9-10-34(37)23-48-43(56)32-7-5-31(6-8-32)42(46)47)41-39-22-35(25-54(39)50-26-49-41)29-3-1-27(2-4-29)24-53-19-17-30(18-20-53)28-11-13-36(14-12-28)51-38-15-16-40(55)52-44(38)57;2-1-3/h1-14,21-22,25-26,30,38,42,51H,15-20,23-24H2,(H,48,56)(H,52,55,57);1H,(H,2,3). The summed E-state index contributed by atoms with van der Waals surface area (Å²) in [7, 11) is 0. The van der Waals surface area contributed by atoms with Crippen LogP contribution in [0.15, 0.2) is 110 Å². The van der Waals surface area contributed by atoms with Crippen LogP contribution in [0, 0.1) is 5.82 Å². The minimum atomic E-state index is -2.62. The average molecular weight is 818 g/mol. The molecule has 308 valence electrons. The number of likely N-dealkylation sites (tertiary alicyclic amines) is 1. The van der Waals surface area contributed by atoms with E-state index < -0.39 is 24.2 Å². The molecule has 60 heavy (non-hydrogen) atoms. The molecular weight excluding hydrogens is 776 g/mol. The molecule has 12 nitrogen and oxygen atoms in total. The van der Waals surface area contributed by atoms with E-state index in [2.05, 4.69) is 67.3 Å². The summed E-state index contributed by atoms with van der Waals surface area (Å²) in [5.41, 5.74) is 7.50. The van der Waals surface area contributed by atoms with E-state index in [0.29, 0.717) is 35.5 Å². The van der Waals surface area contributed by atoms with Gasteiger partial charge in [-0.1, -0.05) is 60.7 Å². The van der Waals surface area contributed by atoms with E-state index in [1.165, 1.54) is 47.8 Å². The van der Waals surface area contributed by atoms with Crippen LogP contribution in [0.4, 0.5) is 18.9 Å². The lowest BCUT2D eigenvalue weighted by atomic mass is 9.89. The zero-order valence-corrected chi connectivity index (χ0v) is 32.4. The molecule has 4 heterocycles. The quantitative estimate of drug-likeness (QED) is 0.0775. The maximum absolute atomic E-state index is 15.3. The van der Waals surface area contributed by atoms with E-state index in [4.69, 9.17) is 9.90 Å². The largest absolute Gasteiger partial charge is 0.483 e. The first-order chi connectivity index (χ1) is 29.1. The van der Waals surface area contributed by atoms with Gasteiger partial charge in [-0.05, 0) is 91.4 Å². The Labute approximate surface area is 343 Å². The average Bonchev–Trinajstić information content (AvgIpc) is 3.70. The van der Waals surface area contributed by atoms with Crippen molar-refractivity contribution in [1.29, 1.82) is 0 Å². The SMILES string of the molecule is O=C1CCC(Nc2ccc(C3CCN(Cc4ccc(-c5cc6c(-c7ccc(CNC(=O)c8ccc(C(F)F)cc8)c(F)c7)ncnn6c5)cc4)CC3)cc2)C(=O)N1.O=CO. The molecule has 0 radical (unpaired) electrons. The van der Waals surface area contributed by atoms with Crippen molar-refractivity contribution < 1.29 is 37.5 Å². The molecule has 15 heteroatoms. The number of hydrogen-bond acceptors (Lipinski definition) is 8. The van der Waals surface area contributed by atoms with Crippen LogP contribution in [0.5, 0.6) is 0 Å². The van der Waals surface area contributed by atoms with Crippen LogP contribution in [0.25, 0.3) is 27.9 Å². The number of benzene rings is 4. The lowest BCUT2D eigenvalue weighted by molar-refractivity contribution is -0.133. The molecule has 2 aromatic heterocycles. The molecule has 2 aliphatic rings. The molecule has 3 amide bonds. The number of carbonyl (C=O) groups excluding carboxylic acids is 3. The van der Waals surface area contributed by atoms with Crippen molar-refractivity contribution in [2.24, 2.45) is 0 Å². The normalized spacial score (nSPS) is 15.9. The molecule has 2 saturated heterocycles.